The van der Waals surface area contributed by atoms with E-state index in [1.165, 1.54) is 30.3 Å². The Labute approximate surface area is 295 Å². The third-order valence-electron chi connectivity index (χ3n) is 7.70. The predicted molar refractivity (Wildman–Crippen MR) is 185 cm³/mol. The molecule has 2 aromatic rings. The number of ether oxygens (including phenoxy) is 2. The summed E-state index contributed by atoms with van der Waals surface area (Å²) in [6, 6.07) is 8.50. The van der Waals surface area contributed by atoms with Crippen LogP contribution in [0.3, 0.4) is 0 Å². The predicted octanol–water partition coefficient (Wildman–Crippen LogP) is 4.35. The van der Waals surface area contributed by atoms with E-state index < -0.39 is 17.8 Å². The number of nitrogens with one attached hydrogen (secondary N) is 4. The first-order valence-corrected chi connectivity index (χ1v) is 17.7. The van der Waals surface area contributed by atoms with Crippen LogP contribution in [0.2, 0.25) is 0 Å². The Morgan fingerprint density at radius 1 is 1.14 bits per heavy atom. The van der Waals surface area contributed by atoms with Gasteiger partial charge in [-0.05, 0) is 62.4 Å². The molecule has 2 aliphatic rings. The molecule has 0 aliphatic carbocycles. The molecule has 7 N–H and O–H groups in total. The molecule has 50 heavy (non-hydrogen) atoms. The molecule has 16 heteroatoms. The molecule has 1 aromatic heterocycles. The molecule has 1 aromatic carbocycles. The zero-order valence-electron chi connectivity index (χ0n) is 28.9. The first-order valence-electron chi connectivity index (χ1n) is 16.6. The van der Waals surface area contributed by atoms with E-state index in [9.17, 15) is 27.6 Å². The second-order valence-electron chi connectivity index (χ2n) is 13.1. The van der Waals surface area contributed by atoms with Gasteiger partial charge in [-0.2, -0.15) is 24.9 Å². The van der Waals surface area contributed by atoms with Crippen molar-refractivity contribution in [3.63, 3.8) is 0 Å². The minimum atomic E-state index is -4.63. The fraction of sp³-hybridized carbons (Fsp3) is 0.588. The first-order chi connectivity index (χ1) is 23.6. The molecule has 12 nitrogen and oxygen atoms in total. The van der Waals surface area contributed by atoms with Crippen LogP contribution in [0.15, 0.2) is 36.4 Å². The quantitative estimate of drug-likeness (QED) is 0.108. The van der Waals surface area contributed by atoms with E-state index in [2.05, 4.69) is 40.1 Å². The molecule has 0 bridgehead atoms. The highest BCUT2D eigenvalue weighted by molar-refractivity contribution is 8.00. The third-order valence-corrected chi connectivity index (χ3v) is 9.21. The number of amides is 4. The monoisotopic (exact) mass is 726 g/mol. The second-order valence-corrected chi connectivity index (χ2v) is 14.4. The maximum absolute atomic E-state index is 12.9. The van der Waals surface area contributed by atoms with Gasteiger partial charge in [0, 0.05) is 55.3 Å². The van der Waals surface area contributed by atoms with Crippen LogP contribution in [-0.2, 0) is 22.3 Å². The molecule has 3 atom stereocenters. The SMILES string of the molecule is CC(C)COC(C)(C)CNC(=O)CCCCC1SC[C@@H]2NC(=O)N[C@H]12.NCc1cc(Oc2cccc(C(=O)NCCO)c2)nc(C(F)(F)F)c1. The van der Waals surface area contributed by atoms with E-state index in [1.807, 2.05) is 25.6 Å². The molecule has 1 unspecified atom stereocenters. The van der Waals surface area contributed by atoms with Gasteiger partial charge in [0.1, 0.15) is 11.4 Å². The Morgan fingerprint density at radius 3 is 2.58 bits per heavy atom. The number of aliphatic hydroxyl groups excluding tert-OH is 1. The van der Waals surface area contributed by atoms with Crippen molar-refractivity contribution >= 4 is 29.6 Å². The van der Waals surface area contributed by atoms with Gasteiger partial charge in [0.25, 0.3) is 5.91 Å². The smallest absolute Gasteiger partial charge is 0.433 e. The Kier molecular flexibility index (Phi) is 15.6. The Bertz CT molecular complexity index is 1430. The molecule has 278 valence electrons. The largest absolute Gasteiger partial charge is 0.439 e. The number of carbonyl (C=O) groups excluding carboxylic acids is 3. The number of nitrogens with two attached hydrogens (primary N) is 1. The molecule has 3 heterocycles. The molecule has 2 fully saturated rings. The van der Waals surface area contributed by atoms with Gasteiger partial charge in [0.05, 0.1) is 24.3 Å². The highest BCUT2D eigenvalue weighted by Gasteiger charge is 2.42. The number of unbranched alkanes of at least 4 members (excludes halogenated alkanes) is 1. The summed E-state index contributed by atoms with van der Waals surface area (Å²) in [7, 11) is 0. The topological polar surface area (TPSA) is 177 Å². The lowest BCUT2D eigenvalue weighted by atomic mass is 10.0. The standard InChI is InChI=1S/C18H33N3O3S.C16H16F3N3O3/c1-12(2)9-24-18(3,4)11-19-15(22)8-6-5-7-14-16-13(10-25-14)20-17(23)21-16;17-16(18,19)13-6-10(9-20)7-14(22-13)25-12-3-1-2-11(8-12)15(24)21-4-5-23/h12-14,16H,5-11H2,1-4H3,(H,19,22)(H2,20,21,23);1-3,6-8,23H,4-5,9,20H2,(H,21,24)/t13-,14?,16-;/m0./s1. The minimum Gasteiger partial charge on any atom is -0.439 e. The minimum absolute atomic E-state index is 0.0398. The van der Waals surface area contributed by atoms with E-state index >= 15 is 0 Å². The summed E-state index contributed by atoms with van der Waals surface area (Å²) in [4.78, 5) is 38.6. The maximum Gasteiger partial charge on any atom is 0.433 e. The van der Waals surface area contributed by atoms with Crippen molar-refractivity contribution in [2.24, 2.45) is 11.7 Å². The number of fused-ring (bicyclic) bond motifs is 1. The van der Waals surface area contributed by atoms with Gasteiger partial charge in [-0.15, -0.1) is 0 Å². The van der Waals surface area contributed by atoms with Crippen molar-refractivity contribution in [3.05, 3.63) is 53.2 Å². The summed E-state index contributed by atoms with van der Waals surface area (Å²) in [5.41, 5.74) is 4.42. The van der Waals surface area contributed by atoms with Gasteiger partial charge < -0.3 is 41.6 Å². The van der Waals surface area contributed by atoms with E-state index in [0.717, 1.165) is 31.1 Å². The van der Waals surface area contributed by atoms with Crippen molar-refractivity contribution in [3.8, 4) is 11.6 Å². The molecular weight excluding hydrogens is 677 g/mol. The number of pyridine rings is 1. The van der Waals surface area contributed by atoms with Gasteiger partial charge in [-0.25, -0.2) is 9.78 Å². The maximum atomic E-state index is 12.9. The van der Waals surface area contributed by atoms with Gasteiger partial charge in [0.15, 0.2) is 0 Å². The normalized spacial score (nSPS) is 18.4. The van der Waals surface area contributed by atoms with Crippen molar-refractivity contribution in [1.82, 2.24) is 26.3 Å². The number of hydrogen-bond donors (Lipinski definition) is 6. The van der Waals surface area contributed by atoms with Crippen LogP contribution in [0.1, 0.15) is 75.0 Å². The second kappa shape index (κ2) is 19.1. The van der Waals surface area contributed by atoms with E-state index in [1.54, 1.807) is 0 Å². The number of carbonyl (C=O) groups is 3. The summed E-state index contributed by atoms with van der Waals surface area (Å²) < 4.78 is 49.8. The average Bonchev–Trinajstić information content (AvgIpc) is 3.62. The number of urea groups is 1. The number of benzene rings is 1. The van der Waals surface area contributed by atoms with E-state index in [0.29, 0.717) is 30.7 Å². The number of hydrogen-bond acceptors (Lipinski definition) is 9. The Balaban J connectivity index is 0.000000270. The third kappa shape index (κ3) is 13.6. The molecule has 2 aliphatic heterocycles. The van der Waals surface area contributed by atoms with Crippen molar-refractivity contribution in [2.75, 3.05) is 32.1 Å². The molecule has 0 spiro atoms. The fourth-order valence-electron chi connectivity index (χ4n) is 5.08. The number of aromatic nitrogens is 1. The molecule has 4 rings (SSSR count). The van der Waals surface area contributed by atoms with Crippen LogP contribution in [0, 0.1) is 5.92 Å². The first kappa shape index (κ1) is 40.8. The highest BCUT2D eigenvalue weighted by atomic mass is 32.2. The highest BCUT2D eigenvalue weighted by Crippen LogP contribution is 2.33. The molecule has 0 saturated carbocycles. The van der Waals surface area contributed by atoms with Crippen LogP contribution >= 0.6 is 11.8 Å². The zero-order chi connectivity index (χ0) is 36.9. The Morgan fingerprint density at radius 2 is 1.90 bits per heavy atom. The lowest BCUT2D eigenvalue weighted by molar-refractivity contribution is -0.141. The number of alkyl halides is 3. The summed E-state index contributed by atoms with van der Waals surface area (Å²) in [5.74, 6) is 0.991. The van der Waals surface area contributed by atoms with E-state index in [4.69, 9.17) is 20.3 Å². The molecule has 4 amide bonds. The number of nitrogens with zero attached hydrogens (tertiary/aromatic N) is 1. The van der Waals surface area contributed by atoms with E-state index in [-0.39, 0.29) is 72.1 Å². The average molecular weight is 727 g/mol. The molecular formula is C34H49F3N6O6S. The van der Waals surface area contributed by atoms with Crippen molar-refractivity contribution in [2.45, 2.75) is 89.0 Å². The van der Waals surface area contributed by atoms with Crippen LogP contribution < -0.4 is 31.7 Å². The fourth-order valence-corrected chi connectivity index (χ4v) is 6.63. The number of rotatable bonds is 16. The lowest BCUT2D eigenvalue weighted by Gasteiger charge is -2.26. The summed E-state index contributed by atoms with van der Waals surface area (Å²) in [6.07, 6.45) is -1.14. The van der Waals surface area contributed by atoms with Crippen molar-refractivity contribution in [1.29, 1.82) is 0 Å². The van der Waals surface area contributed by atoms with Crippen LogP contribution in [0.4, 0.5) is 18.0 Å². The summed E-state index contributed by atoms with van der Waals surface area (Å²) in [6.45, 7) is 9.26. The van der Waals surface area contributed by atoms with Crippen LogP contribution in [0.5, 0.6) is 11.6 Å². The number of thioether (sulfide) groups is 1. The Hall–Kier alpha value is -3.60. The summed E-state index contributed by atoms with van der Waals surface area (Å²) in [5, 5.41) is 20.6. The van der Waals surface area contributed by atoms with Gasteiger partial charge in [-0.3, -0.25) is 9.59 Å². The zero-order valence-corrected chi connectivity index (χ0v) is 29.7. The van der Waals surface area contributed by atoms with Gasteiger partial charge in [-0.1, -0.05) is 26.3 Å². The van der Waals surface area contributed by atoms with Gasteiger partial charge in [0.2, 0.25) is 11.8 Å². The van der Waals surface area contributed by atoms with Crippen LogP contribution in [-0.4, -0.2) is 82.9 Å². The lowest BCUT2D eigenvalue weighted by Crippen LogP contribution is -2.41. The van der Waals surface area contributed by atoms with Gasteiger partial charge >= 0.3 is 12.2 Å². The van der Waals surface area contributed by atoms with Crippen LogP contribution in [0.25, 0.3) is 0 Å². The summed E-state index contributed by atoms with van der Waals surface area (Å²) >= 11 is 1.92. The van der Waals surface area contributed by atoms with Crippen molar-refractivity contribution < 1.29 is 42.1 Å². The number of aliphatic hydroxyl groups is 1. The molecule has 2 saturated heterocycles. The number of halogens is 3. The molecule has 0 radical (unpaired) electrons.